The SMILES string of the molecule is CNCCNC(=O)c1ccc(Nc2ncc3c(n2)N(C2CCCC2)CCC(=O)N3C)c(C)c1. The first-order valence-electron chi connectivity index (χ1n) is 11.7. The largest absolute Gasteiger partial charge is 0.351 e. The molecule has 0 radical (unpaired) electrons. The quantitative estimate of drug-likeness (QED) is 0.556. The lowest BCUT2D eigenvalue weighted by atomic mass is 10.1. The van der Waals surface area contributed by atoms with E-state index in [0.29, 0.717) is 37.1 Å². The molecule has 9 nitrogen and oxygen atoms in total. The maximum atomic E-state index is 12.5. The number of likely N-dealkylation sites (N-methyl/N-ethyl adjacent to an activating group) is 1. The molecule has 0 saturated heterocycles. The molecule has 2 aromatic rings. The summed E-state index contributed by atoms with van der Waals surface area (Å²) in [5, 5.41) is 9.21. The van der Waals surface area contributed by atoms with E-state index >= 15 is 0 Å². The van der Waals surface area contributed by atoms with Gasteiger partial charge in [-0.3, -0.25) is 9.59 Å². The minimum absolute atomic E-state index is 0.0838. The first-order chi connectivity index (χ1) is 16.0. The van der Waals surface area contributed by atoms with Crippen LogP contribution >= 0.6 is 0 Å². The Bertz CT molecular complexity index is 1020. The Kier molecular flexibility index (Phi) is 7.08. The predicted molar refractivity (Wildman–Crippen MR) is 130 cm³/mol. The molecule has 3 N–H and O–H groups in total. The van der Waals surface area contributed by atoms with Gasteiger partial charge in [0, 0.05) is 50.4 Å². The molecular formula is C24H33N7O2. The number of anilines is 4. The molecule has 0 unspecified atom stereocenters. The van der Waals surface area contributed by atoms with E-state index in [0.717, 1.165) is 42.1 Å². The molecule has 9 heteroatoms. The lowest BCUT2D eigenvalue weighted by Crippen LogP contribution is -2.34. The third-order valence-electron chi connectivity index (χ3n) is 6.49. The lowest BCUT2D eigenvalue weighted by Gasteiger charge is -2.30. The number of benzene rings is 1. The van der Waals surface area contributed by atoms with Crippen LogP contribution in [0.1, 0.15) is 48.0 Å². The molecular weight excluding hydrogens is 418 g/mol. The summed E-state index contributed by atoms with van der Waals surface area (Å²) in [7, 11) is 3.64. The maximum Gasteiger partial charge on any atom is 0.251 e. The Morgan fingerprint density at radius 3 is 2.73 bits per heavy atom. The van der Waals surface area contributed by atoms with Crippen molar-refractivity contribution in [1.29, 1.82) is 0 Å². The van der Waals surface area contributed by atoms with Crippen molar-refractivity contribution in [2.75, 3.05) is 48.8 Å². The van der Waals surface area contributed by atoms with E-state index in [1.807, 2.05) is 26.1 Å². The van der Waals surface area contributed by atoms with Crippen LogP contribution in [-0.2, 0) is 4.79 Å². The van der Waals surface area contributed by atoms with E-state index in [9.17, 15) is 9.59 Å². The Morgan fingerprint density at radius 1 is 1.21 bits per heavy atom. The van der Waals surface area contributed by atoms with E-state index in [2.05, 4.69) is 25.8 Å². The highest BCUT2D eigenvalue weighted by Gasteiger charge is 2.31. The third-order valence-corrected chi connectivity index (χ3v) is 6.49. The van der Waals surface area contributed by atoms with Crippen molar-refractivity contribution in [1.82, 2.24) is 20.6 Å². The molecule has 176 valence electrons. The second-order valence-corrected chi connectivity index (χ2v) is 8.75. The Labute approximate surface area is 195 Å². The highest BCUT2D eigenvalue weighted by Crippen LogP contribution is 2.36. The number of fused-ring (bicyclic) bond motifs is 1. The van der Waals surface area contributed by atoms with Crippen molar-refractivity contribution in [2.24, 2.45) is 0 Å². The second kappa shape index (κ2) is 10.2. The van der Waals surface area contributed by atoms with Crippen molar-refractivity contribution in [2.45, 2.75) is 45.1 Å². The molecule has 0 spiro atoms. The Hall–Kier alpha value is -3.20. The van der Waals surface area contributed by atoms with Crippen LogP contribution in [0.3, 0.4) is 0 Å². The fourth-order valence-corrected chi connectivity index (χ4v) is 4.54. The second-order valence-electron chi connectivity index (χ2n) is 8.75. The summed E-state index contributed by atoms with van der Waals surface area (Å²) in [4.78, 5) is 38.2. The molecule has 0 atom stereocenters. The zero-order valence-corrected chi connectivity index (χ0v) is 19.6. The van der Waals surface area contributed by atoms with Gasteiger partial charge >= 0.3 is 0 Å². The molecule has 1 aromatic carbocycles. The van der Waals surface area contributed by atoms with Crippen LogP contribution in [0.25, 0.3) is 0 Å². The summed E-state index contributed by atoms with van der Waals surface area (Å²) < 4.78 is 0. The number of aryl methyl sites for hydroxylation is 1. The topological polar surface area (TPSA) is 102 Å². The van der Waals surface area contributed by atoms with Crippen molar-refractivity contribution in [3.63, 3.8) is 0 Å². The van der Waals surface area contributed by atoms with Gasteiger partial charge in [-0.05, 0) is 50.6 Å². The highest BCUT2D eigenvalue weighted by molar-refractivity contribution is 5.97. The number of nitrogens with one attached hydrogen (secondary N) is 3. The molecule has 33 heavy (non-hydrogen) atoms. The van der Waals surface area contributed by atoms with Gasteiger partial charge in [0.15, 0.2) is 5.82 Å². The van der Waals surface area contributed by atoms with Gasteiger partial charge in [0.1, 0.15) is 5.69 Å². The average Bonchev–Trinajstić information content (AvgIpc) is 3.31. The summed E-state index contributed by atoms with van der Waals surface area (Å²) >= 11 is 0. The molecule has 1 aliphatic heterocycles. The fourth-order valence-electron chi connectivity index (χ4n) is 4.54. The number of carbonyl (C=O) groups is 2. The van der Waals surface area contributed by atoms with Gasteiger partial charge in [0.25, 0.3) is 5.91 Å². The monoisotopic (exact) mass is 451 g/mol. The summed E-state index contributed by atoms with van der Waals surface area (Å²) in [6.45, 7) is 3.92. The summed E-state index contributed by atoms with van der Waals surface area (Å²) in [6, 6.07) is 5.94. The lowest BCUT2D eigenvalue weighted by molar-refractivity contribution is -0.118. The molecule has 4 rings (SSSR count). The van der Waals surface area contributed by atoms with E-state index in [1.165, 1.54) is 12.8 Å². The summed E-state index contributed by atoms with van der Waals surface area (Å²) in [5.41, 5.74) is 3.13. The number of carbonyl (C=O) groups excluding carboxylic acids is 2. The maximum absolute atomic E-state index is 12.5. The minimum Gasteiger partial charge on any atom is -0.351 e. The molecule has 2 aliphatic rings. The molecule has 1 aromatic heterocycles. The van der Waals surface area contributed by atoms with Crippen molar-refractivity contribution in [3.05, 3.63) is 35.5 Å². The Morgan fingerprint density at radius 2 is 2.00 bits per heavy atom. The average molecular weight is 452 g/mol. The van der Waals surface area contributed by atoms with Gasteiger partial charge in [-0.15, -0.1) is 0 Å². The summed E-state index contributed by atoms with van der Waals surface area (Å²) in [6.07, 6.45) is 6.88. The van der Waals surface area contributed by atoms with Crippen molar-refractivity contribution < 1.29 is 9.59 Å². The van der Waals surface area contributed by atoms with Gasteiger partial charge in [-0.1, -0.05) is 12.8 Å². The first kappa shape index (κ1) is 23.0. The van der Waals surface area contributed by atoms with Crippen LogP contribution in [0.5, 0.6) is 0 Å². The van der Waals surface area contributed by atoms with Crippen LogP contribution in [-0.4, -0.2) is 61.6 Å². The number of rotatable bonds is 7. The van der Waals surface area contributed by atoms with Crippen molar-refractivity contribution >= 4 is 35.0 Å². The van der Waals surface area contributed by atoms with Crippen LogP contribution in [0.15, 0.2) is 24.4 Å². The van der Waals surface area contributed by atoms with Gasteiger partial charge < -0.3 is 25.8 Å². The number of nitrogens with zero attached hydrogens (tertiary/aromatic N) is 4. The van der Waals surface area contributed by atoms with Gasteiger partial charge in [0.05, 0.1) is 6.20 Å². The zero-order chi connectivity index (χ0) is 23.4. The Balaban J connectivity index is 1.57. The molecule has 1 aliphatic carbocycles. The molecule has 2 heterocycles. The predicted octanol–water partition coefficient (Wildman–Crippen LogP) is 2.59. The number of hydrogen-bond donors (Lipinski definition) is 3. The van der Waals surface area contributed by atoms with E-state index in [-0.39, 0.29) is 11.8 Å². The molecule has 1 saturated carbocycles. The van der Waals surface area contributed by atoms with Crippen LogP contribution in [0.2, 0.25) is 0 Å². The van der Waals surface area contributed by atoms with E-state index in [1.54, 1.807) is 24.2 Å². The van der Waals surface area contributed by atoms with Crippen LogP contribution in [0, 0.1) is 6.92 Å². The van der Waals surface area contributed by atoms with Crippen LogP contribution in [0.4, 0.5) is 23.1 Å². The number of amides is 2. The van der Waals surface area contributed by atoms with E-state index < -0.39 is 0 Å². The van der Waals surface area contributed by atoms with Gasteiger partial charge in [-0.2, -0.15) is 4.98 Å². The summed E-state index contributed by atoms with van der Waals surface area (Å²) in [5.74, 6) is 1.28. The molecule has 0 bridgehead atoms. The zero-order valence-electron chi connectivity index (χ0n) is 19.6. The fraction of sp³-hybridized carbons (Fsp3) is 0.500. The first-order valence-corrected chi connectivity index (χ1v) is 11.7. The van der Waals surface area contributed by atoms with Crippen molar-refractivity contribution in [3.8, 4) is 0 Å². The van der Waals surface area contributed by atoms with Gasteiger partial charge in [-0.25, -0.2) is 4.98 Å². The standard InChI is InChI=1S/C24H33N7O2/c1-16-14-17(23(33)26-12-11-25-2)8-9-19(16)28-24-27-15-20-22(29-24)31(18-6-4-5-7-18)13-10-21(32)30(20)3/h8-9,14-15,18,25H,4-7,10-13H2,1-3H3,(H,26,33)(H,27,28,29). The van der Waals surface area contributed by atoms with Crippen LogP contribution < -0.4 is 25.8 Å². The molecule has 2 amide bonds. The van der Waals surface area contributed by atoms with E-state index in [4.69, 9.17) is 4.98 Å². The highest BCUT2D eigenvalue weighted by atomic mass is 16.2. The minimum atomic E-state index is -0.0962. The smallest absolute Gasteiger partial charge is 0.251 e. The normalized spacial score (nSPS) is 16.5. The number of aromatic nitrogens is 2. The molecule has 1 fully saturated rings. The number of hydrogen-bond acceptors (Lipinski definition) is 7. The van der Waals surface area contributed by atoms with Gasteiger partial charge in [0.2, 0.25) is 11.9 Å². The third kappa shape index (κ3) is 5.08.